The molecule has 0 spiro atoms. The highest BCUT2D eigenvalue weighted by Gasteiger charge is 2.28. The highest BCUT2D eigenvalue weighted by molar-refractivity contribution is 6.31. The van der Waals surface area contributed by atoms with Gasteiger partial charge in [0.05, 0.1) is 0 Å². The van der Waals surface area contributed by atoms with E-state index in [-0.39, 0.29) is 17.9 Å². The average Bonchev–Trinajstić information content (AvgIpc) is 3.01. The highest BCUT2D eigenvalue weighted by atomic mass is 35.5. The largest absolute Gasteiger partial charge is 0.356 e. The number of carbonyl (C=O) groups is 2. The third kappa shape index (κ3) is 5.82. The first-order valence-corrected chi connectivity index (χ1v) is 9.23. The van der Waals surface area contributed by atoms with Crippen LogP contribution in [-0.2, 0) is 16.0 Å². The molecule has 0 radical (unpaired) electrons. The normalized spacial score (nSPS) is 17.1. The van der Waals surface area contributed by atoms with Crippen LogP contribution in [0.25, 0.3) is 0 Å². The fourth-order valence-electron chi connectivity index (χ4n) is 3.28. The standard InChI is InChI=1S/C19H27ClN2O2/c1-15(23)21-12-6-2-3-11-19(24)22-13-7-9-17(22)14-16-8-4-5-10-18(16)20/h4-5,8,10,17H,2-3,6-7,9,11-14H2,1H3,(H,21,23). The molecule has 1 saturated heterocycles. The summed E-state index contributed by atoms with van der Waals surface area (Å²) in [7, 11) is 0. The van der Waals surface area contributed by atoms with E-state index in [0.29, 0.717) is 13.0 Å². The molecule has 1 atom stereocenters. The van der Waals surface area contributed by atoms with Gasteiger partial charge in [-0.05, 0) is 43.7 Å². The Hall–Kier alpha value is -1.55. The molecule has 2 amide bonds. The third-order valence-corrected chi connectivity index (χ3v) is 4.92. The van der Waals surface area contributed by atoms with Gasteiger partial charge in [-0.25, -0.2) is 0 Å². The van der Waals surface area contributed by atoms with Crippen LogP contribution in [0.15, 0.2) is 24.3 Å². The number of amides is 2. The maximum absolute atomic E-state index is 12.5. The Kier molecular flexibility index (Phi) is 7.57. The smallest absolute Gasteiger partial charge is 0.222 e. The maximum atomic E-state index is 12.5. The summed E-state index contributed by atoms with van der Waals surface area (Å²) in [6, 6.07) is 8.16. The molecule has 0 aromatic heterocycles. The van der Waals surface area contributed by atoms with Crippen molar-refractivity contribution in [3.63, 3.8) is 0 Å². The molecule has 1 unspecified atom stereocenters. The summed E-state index contributed by atoms with van der Waals surface area (Å²) in [5.41, 5.74) is 1.12. The van der Waals surface area contributed by atoms with Gasteiger partial charge in [0.1, 0.15) is 0 Å². The summed E-state index contributed by atoms with van der Waals surface area (Å²) in [4.78, 5) is 25.3. The lowest BCUT2D eigenvalue weighted by atomic mass is 10.0. The van der Waals surface area contributed by atoms with Crippen LogP contribution < -0.4 is 5.32 Å². The van der Waals surface area contributed by atoms with Gasteiger partial charge in [-0.2, -0.15) is 0 Å². The van der Waals surface area contributed by atoms with Gasteiger partial charge in [-0.1, -0.05) is 36.2 Å². The number of hydrogen-bond acceptors (Lipinski definition) is 2. The van der Waals surface area contributed by atoms with Gasteiger partial charge in [0.15, 0.2) is 0 Å². The zero-order valence-electron chi connectivity index (χ0n) is 14.4. The number of rotatable bonds is 8. The van der Waals surface area contributed by atoms with E-state index in [1.54, 1.807) is 0 Å². The summed E-state index contributed by atoms with van der Waals surface area (Å²) in [6.45, 7) is 3.08. The van der Waals surface area contributed by atoms with E-state index < -0.39 is 0 Å². The zero-order chi connectivity index (χ0) is 17.4. The molecule has 1 aromatic carbocycles. The number of nitrogens with zero attached hydrogens (tertiary/aromatic N) is 1. The van der Waals surface area contributed by atoms with E-state index in [9.17, 15) is 9.59 Å². The topological polar surface area (TPSA) is 49.4 Å². The average molecular weight is 351 g/mol. The van der Waals surface area contributed by atoms with E-state index in [0.717, 1.165) is 55.7 Å². The number of nitrogens with one attached hydrogen (secondary N) is 1. The molecule has 0 aliphatic carbocycles. The Balaban J connectivity index is 1.74. The molecule has 0 bridgehead atoms. The fraction of sp³-hybridized carbons (Fsp3) is 0.579. The van der Waals surface area contributed by atoms with Gasteiger partial charge < -0.3 is 10.2 Å². The molecule has 2 rings (SSSR count). The van der Waals surface area contributed by atoms with E-state index in [4.69, 9.17) is 11.6 Å². The molecule has 0 saturated carbocycles. The Morgan fingerprint density at radius 3 is 2.79 bits per heavy atom. The second-order valence-corrected chi connectivity index (χ2v) is 6.88. The van der Waals surface area contributed by atoms with Crippen molar-refractivity contribution in [1.29, 1.82) is 0 Å². The summed E-state index contributed by atoms with van der Waals surface area (Å²) in [5, 5.41) is 3.57. The molecule has 24 heavy (non-hydrogen) atoms. The van der Waals surface area contributed by atoms with Gasteiger partial charge in [0.25, 0.3) is 0 Å². The lowest BCUT2D eigenvalue weighted by Crippen LogP contribution is -2.36. The summed E-state index contributed by atoms with van der Waals surface area (Å²) in [6.07, 6.45) is 6.34. The molecule has 4 nitrogen and oxygen atoms in total. The quantitative estimate of drug-likeness (QED) is 0.728. The second-order valence-electron chi connectivity index (χ2n) is 6.47. The molecule has 1 aliphatic heterocycles. The number of likely N-dealkylation sites (tertiary alicyclic amines) is 1. The van der Waals surface area contributed by atoms with Crippen LogP contribution >= 0.6 is 11.6 Å². The van der Waals surface area contributed by atoms with Crippen molar-refractivity contribution in [3.05, 3.63) is 34.9 Å². The number of benzene rings is 1. The zero-order valence-corrected chi connectivity index (χ0v) is 15.1. The first kappa shape index (κ1) is 18.8. The van der Waals surface area contributed by atoms with Gasteiger partial charge in [0, 0.05) is 37.5 Å². The summed E-state index contributed by atoms with van der Waals surface area (Å²) in [5.74, 6) is 0.259. The van der Waals surface area contributed by atoms with Gasteiger partial charge >= 0.3 is 0 Å². The first-order chi connectivity index (χ1) is 11.6. The Labute approximate surface area is 149 Å². The summed E-state index contributed by atoms with van der Waals surface area (Å²) < 4.78 is 0. The SMILES string of the molecule is CC(=O)NCCCCCC(=O)N1CCCC1Cc1ccccc1Cl. The van der Waals surface area contributed by atoms with Crippen LogP contribution in [0, 0.1) is 0 Å². The number of unbranched alkanes of at least 4 members (excludes halogenated alkanes) is 2. The van der Waals surface area contributed by atoms with Crippen LogP contribution in [0.3, 0.4) is 0 Å². The first-order valence-electron chi connectivity index (χ1n) is 8.85. The maximum Gasteiger partial charge on any atom is 0.222 e. The molecule has 1 N–H and O–H groups in total. The van der Waals surface area contributed by atoms with Crippen LogP contribution in [0.4, 0.5) is 0 Å². The predicted octanol–water partition coefficient (Wildman–Crippen LogP) is 3.57. The van der Waals surface area contributed by atoms with Gasteiger partial charge in [0.2, 0.25) is 11.8 Å². The molecule has 5 heteroatoms. The van der Waals surface area contributed by atoms with E-state index in [2.05, 4.69) is 5.32 Å². The molecular weight excluding hydrogens is 324 g/mol. The van der Waals surface area contributed by atoms with Crippen LogP contribution in [-0.4, -0.2) is 35.8 Å². The minimum Gasteiger partial charge on any atom is -0.356 e. The highest BCUT2D eigenvalue weighted by Crippen LogP contribution is 2.25. The van der Waals surface area contributed by atoms with Crippen molar-refractivity contribution in [3.8, 4) is 0 Å². The van der Waals surface area contributed by atoms with Crippen molar-refractivity contribution in [1.82, 2.24) is 10.2 Å². The van der Waals surface area contributed by atoms with Crippen molar-refractivity contribution in [2.75, 3.05) is 13.1 Å². The van der Waals surface area contributed by atoms with E-state index >= 15 is 0 Å². The molecule has 1 aromatic rings. The molecule has 132 valence electrons. The van der Waals surface area contributed by atoms with E-state index in [1.165, 1.54) is 6.92 Å². The van der Waals surface area contributed by atoms with Gasteiger partial charge in [-0.15, -0.1) is 0 Å². The lowest BCUT2D eigenvalue weighted by molar-refractivity contribution is -0.132. The minimum atomic E-state index is 0.00515. The second kappa shape index (κ2) is 9.67. The van der Waals surface area contributed by atoms with Crippen LogP contribution in [0.5, 0.6) is 0 Å². The molecular formula is C19H27ClN2O2. The third-order valence-electron chi connectivity index (χ3n) is 4.55. The van der Waals surface area contributed by atoms with E-state index in [1.807, 2.05) is 29.2 Å². The van der Waals surface area contributed by atoms with Crippen molar-refractivity contribution < 1.29 is 9.59 Å². The van der Waals surface area contributed by atoms with Crippen molar-refractivity contribution in [2.45, 2.75) is 57.9 Å². The molecule has 1 fully saturated rings. The number of carbonyl (C=O) groups excluding carboxylic acids is 2. The van der Waals surface area contributed by atoms with Crippen molar-refractivity contribution >= 4 is 23.4 Å². The predicted molar refractivity (Wildman–Crippen MR) is 97.0 cm³/mol. The number of hydrogen-bond donors (Lipinski definition) is 1. The Bertz CT molecular complexity index is 562. The number of halogens is 1. The molecule has 1 heterocycles. The minimum absolute atomic E-state index is 0.00515. The Morgan fingerprint density at radius 1 is 1.25 bits per heavy atom. The van der Waals surface area contributed by atoms with Crippen LogP contribution in [0.2, 0.25) is 5.02 Å². The lowest BCUT2D eigenvalue weighted by Gasteiger charge is -2.25. The van der Waals surface area contributed by atoms with Gasteiger partial charge in [-0.3, -0.25) is 9.59 Å². The monoisotopic (exact) mass is 350 g/mol. The Morgan fingerprint density at radius 2 is 2.04 bits per heavy atom. The fourth-order valence-corrected chi connectivity index (χ4v) is 3.49. The summed E-state index contributed by atoms with van der Waals surface area (Å²) >= 11 is 6.25. The van der Waals surface area contributed by atoms with Crippen molar-refractivity contribution in [2.24, 2.45) is 0 Å². The molecule has 1 aliphatic rings. The van der Waals surface area contributed by atoms with Crippen LogP contribution in [0.1, 0.15) is 51.0 Å².